The highest BCUT2D eigenvalue weighted by atomic mass is 32.2. The van der Waals surface area contributed by atoms with E-state index in [-0.39, 0.29) is 5.57 Å². The van der Waals surface area contributed by atoms with Gasteiger partial charge in [0.2, 0.25) is 0 Å². The summed E-state index contributed by atoms with van der Waals surface area (Å²) < 4.78 is 5.15. The number of nitrogens with zero attached hydrogens (tertiary/aromatic N) is 1. The molecule has 140 valence electrons. The summed E-state index contributed by atoms with van der Waals surface area (Å²) in [6.45, 7) is 0.514. The van der Waals surface area contributed by atoms with E-state index >= 15 is 0 Å². The van der Waals surface area contributed by atoms with Crippen LogP contribution in [-0.4, -0.2) is 48.7 Å². The lowest BCUT2D eigenvalue weighted by atomic mass is 10.1. The number of hydrogen-bond donors (Lipinski definition) is 3. The van der Waals surface area contributed by atoms with E-state index in [1.54, 1.807) is 13.2 Å². The fraction of sp³-hybridized carbons (Fsp3) is 0.389. The Morgan fingerprint density at radius 1 is 1.46 bits per heavy atom. The van der Waals surface area contributed by atoms with Crippen molar-refractivity contribution in [2.24, 2.45) is 0 Å². The summed E-state index contributed by atoms with van der Waals surface area (Å²) >= 11 is 1.49. The van der Waals surface area contributed by atoms with Crippen molar-refractivity contribution in [2.45, 2.75) is 18.9 Å². The Morgan fingerprint density at radius 3 is 2.85 bits per heavy atom. The highest BCUT2D eigenvalue weighted by Crippen LogP contribution is 2.12. The van der Waals surface area contributed by atoms with Crippen LogP contribution in [-0.2, 0) is 16.0 Å². The van der Waals surface area contributed by atoms with Gasteiger partial charge in [-0.25, -0.2) is 4.79 Å². The number of aliphatic carboxylic acids is 1. The molecule has 0 aliphatic carbocycles. The molecule has 3 N–H and O–H groups in total. The lowest BCUT2D eigenvalue weighted by molar-refractivity contribution is -0.141. The number of benzene rings is 1. The first-order valence-electron chi connectivity index (χ1n) is 8.01. The number of amides is 1. The highest BCUT2D eigenvalue weighted by Gasteiger charge is 2.21. The van der Waals surface area contributed by atoms with E-state index in [9.17, 15) is 9.59 Å². The summed E-state index contributed by atoms with van der Waals surface area (Å²) in [4.78, 5) is 23.2. The van der Waals surface area contributed by atoms with Crippen LogP contribution in [0, 0.1) is 11.3 Å². The van der Waals surface area contributed by atoms with Crippen molar-refractivity contribution in [3.8, 4) is 11.8 Å². The maximum absolute atomic E-state index is 12.1. The molecule has 1 rings (SSSR count). The van der Waals surface area contributed by atoms with Crippen molar-refractivity contribution in [1.82, 2.24) is 10.6 Å². The van der Waals surface area contributed by atoms with Gasteiger partial charge in [0.05, 0.1) is 7.11 Å². The molecule has 26 heavy (non-hydrogen) atoms. The predicted molar refractivity (Wildman–Crippen MR) is 101 cm³/mol. The number of carbonyl (C=O) groups is 2. The molecule has 0 heterocycles. The number of rotatable bonds is 11. The number of thioether (sulfide) groups is 1. The molecule has 7 nitrogen and oxygen atoms in total. The van der Waals surface area contributed by atoms with E-state index in [1.165, 1.54) is 18.0 Å². The molecule has 1 aromatic carbocycles. The van der Waals surface area contributed by atoms with Crippen LogP contribution in [0.1, 0.15) is 12.0 Å². The zero-order valence-corrected chi connectivity index (χ0v) is 15.6. The Bertz CT molecular complexity index is 685. The summed E-state index contributed by atoms with van der Waals surface area (Å²) in [6.07, 6.45) is 4.14. The molecular formula is C18H23N3O4S. The molecule has 1 amide bonds. The number of carboxylic acids is 1. The number of nitriles is 1. The van der Waals surface area contributed by atoms with E-state index in [0.29, 0.717) is 25.1 Å². The first kappa shape index (κ1) is 21.4. The highest BCUT2D eigenvalue weighted by molar-refractivity contribution is 7.98. The summed E-state index contributed by atoms with van der Waals surface area (Å²) in [6, 6.07) is 8.38. The average molecular weight is 377 g/mol. The maximum Gasteiger partial charge on any atom is 0.326 e. The minimum Gasteiger partial charge on any atom is -0.497 e. The van der Waals surface area contributed by atoms with Gasteiger partial charge in [0.15, 0.2) is 0 Å². The molecule has 8 heteroatoms. The largest absolute Gasteiger partial charge is 0.497 e. The topological polar surface area (TPSA) is 111 Å². The summed E-state index contributed by atoms with van der Waals surface area (Å²) in [5, 5.41) is 23.5. The minimum atomic E-state index is -1.12. The Labute approximate surface area is 157 Å². The molecule has 0 saturated carbocycles. The van der Waals surface area contributed by atoms with Gasteiger partial charge in [0.25, 0.3) is 5.91 Å². The monoisotopic (exact) mass is 377 g/mol. The van der Waals surface area contributed by atoms with Gasteiger partial charge in [0.1, 0.15) is 23.4 Å². The molecule has 0 aromatic heterocycles. The molecule has 1 aromatic rings. The number of carboxylic acid groups (broad SMARTS) is 1. The van der Waals surface area contributed by atoms with Gasteiger partial charge in [-0.3, -0.25) is 4.79 Å². The molecule has 0 aliphatic rings. The molecule has 0 spiro atoms. The van der Waals surface area contributed by atoms with E-state index in [4.69, 9.17) is 15.1 Å². The smallest absolute Gasteiger partial charge is 0.326 e. The fourth-order valence-electron chi connectivity index (χ4n) is 2.10. The minimum absolute atomic E-state index is 0.161. The first-order valence-corrected chi connectivity index (χ1v) is 9.40. The summed E-state index contributed by atoms with van der Waals surface area (Å²) in [7, 11) is 1.60. The van der Waals surface area contributed by atoms with Crippen LogP contribution in [0.15, 0.2) is 36.0 Å². The molecule has 0 fully saturated rings. The molecule has 1 atom stereocenters. The third-order valence-corrected chi connectivity index (χ3v) is 4.16. The summed E-state index contributed by atoms with van der Waals surface area (Å²) in [5.74, 6) is -0.451. The molecule has 0 radical (unpaired) electrons. The zero-order chi connectivity index (χ0) is 19.4. The molecule has 0 bridgehead atoms. The average Bonchev–Trinajstić information content (AvgIpc) is 2.64. The second-order valence-electron chi connectivity index (χ2n) is 5.37. The van der Waals surface area contributed by atoms with Gasteiger partial charge in [0, 0.05) is 12.7 Å². The second-order valence-corrected chi connectivity index (χ2v) is 6.36. The fourth-order valence-corrected chi connectivity index (χ4v) is 2.57. The van der Waals surface area contributed by atoms with Crippen molar-refractivity contribution in [2.75, 3.05) is 25.7 Å². The quantitative estimate of drug-likeness (QED) is 0.305. The number of methoxy groups -OCH3 is 1. The van der Waals surface area contributed by atoms with E-state index in [1.807, 2.05) is 30.5 Å². The molecule has 1 unspecified atom stereocenters. The van der Waals surface area contributed by atoms with Crippen LogP contribution in [0.3, 0.4) is 0 Å². The van der Waals surface area contributed by atoms with Crippen molar-refractivity contribution in [3.63, 3.8) is 0 Å². The molecule has 0 saturated heterocycles. The molecule has 0 aliphatic heterocycles. The van der Waals surface area contributed by atoms with E-state index in [0.717, 1.165) is 11.3 Å². The van der Waals surface area contributed by atoms with Gasteiger partial charge in [-0.2, -0.15) is 17.0 Å². The SMILES string of the molecule is COc1cccc(CCN/C=C(/C#N)C(=O)NC(CCSC)C(=O)O)c1. The van der Waals surface area contributed by atoms with Crippen LogP contribution in [0.2, 0.25) is 0 Å². The van der Waals surface area contributed by atoms with Gasteiger partial charge in [-0.1, -0.05) is 12.1 Å². The third kappa shape index (κ3) is 7.49. The van der Waals surface area contributed by atoms with E-state index < -0.39 is 17.9 Å². The van der Waals surface area contributed by atoms with Crippen molar-refractivity contribution in [1.29, 1.82) is 5.26 Å². The number of ether oxygens (including phenoxy) is 1. The predicted octanol–water partition coefficient (Wildman–Crippen LogP) is 1.56. The standard InChI is InChI=1S/C18H23N3O4S/c1-25-15-5-3-4-13(10-15)6-8-20-12-14(11-19)17(22)21-16(18(23)24)7-9-26-2/h3-5,10,12,16,20H,6-9H2,1-2H3,(H,21,22)(H,23,24)/b14-12-. The zero-order valence-electron chi connectivity index (χ0n) is 14.8. The Morgan fingerprint density at radius 2 is 2.23 bits per heavy atom. The second kappa shape index (κ2) is 11.8. The van der Waals surface area contributed by atoms with Gasteiger partial charge >= 0.3 is 5.97 Å². The third-order valence-electron chi connectivity index (χ3n) is 3.52. The molecular weight excluding hydrogens is 354 g/mol. The van der Waals surface area contributed by atoms with Crippen molar-refractivity contribution in [3.05, 3.63) is 41.6 Å². The first-order chi connectivity index (χ1) is 12.5. The summed E-state index contributed by atoms with van der Waals surface area (Å²) in [5.41, 5.74) is 0.891. The van der Waals surface area contributed by atoms with Crippen molar-refractivity contribution < 1.29 is 19.4 Å². The van der Waals surface area contributed by atoms with Crippen LogP contribution in [0.4, 0.5) is 0 Å². The maximum atomic E-state index is 12.1. The number of nitrogens with one attached hydrogen (secondary N) is 2. The lowest BCUT2D eigenvalue weighted by Crippen LogP contribution is -2.41. The normalized spacial score (nSPS) is 12.0. The van der Waals surface area contributed by atoms with Gasteiger partial charge < -0.3 is 20.5 Å². The van der Waals surface area contributed by atoms with Gasteiger partial charge in [-0.05, 0) is 42.5 Å². The van der Waals surface area contributed by atoms with Crippen LogP contribution in [0.25, 0.3) is 0 Å². The van der Waals surface area contributed by atoms with E-state index in [2.05, 4.69) is 10.6 Å². The Kier molecular flexibility index (Phi) is 9.72. The Hall–Kier alpha value is -2.66. The lowest BCUT2D eigenvalue weighted by Gasteiger charge is -2.13. The number of carbonyl (C=O) groups excluding carboxylic acids is 1. The van der Waals surface area contributed by atoms with Crippen molar-refractivity contribution >= 4 is 23.6 Å². The van der Waals surface area contributed by atoms with Crippen LogP contribution < -0.4 is 15.4 Å². The number of hydrogen-bond acceptors (Lipinski definition) is 6. The Balaban J connectivity index is 2.56. The van der Waals surface area contributed by atoms with Crippen LogP contribution in [0.5, 0.6) is 5.75 Å². The van der Waals surface area contributed by atoms with Gasteiger partial charge in [-0.15, -0.1) is 0 Å². The van der Waals surface area contributed by atoms with Crippen LogP contribution >= 0.6 is 11.8 Å².